The Morgan fingerprint density at radius 3 is 2.03 bits per heavy atom. The quantitative estimate of drug-likeness (QED) is 0.305. The second-order valence-corrected chi connectivity index (χ2v) is 16.9. The highest BCUT2D eigenvalue weighted by Crippen LogP contribution is 2.45. The molecule has 0 aromatic heterocycles. The summed E-state index contributed by atoms with van der Waals surface area (Å²) in [4.78, 5) is 12.9. The van der Waals surface area contributed by atoms with Crippen LogP contribution >= 0.6 is 0 Å². The van der Waals surface area contributed by atoms with Gasteiger partial charge in [-0.25, -0.2) is 0 Å². The van der Waals surface area contributed by atoms with Crippen LogP contribution in [0.2, 0.25) is 5.04 Å². The van der Waals surface area contributed by atoms with Crippen LogP contribution in [0.25, 0.3) is 0 Å². The molecule has 0 radical (unpaired) electrons. The van der Waals surface area contributed by atoms with Gasteiger partial charge in [-0.05, 0) is 65.3 Å². The Balaban J connectivity index is 1.81. The Hall–Kier alpha value is -2.23. The van der Waals surface area contributed by atoms with Gasteiger partial charge >= 0.3 is 0 Å². The molecule has 4 atom stereocenters. The summed E-state index contributed by atoms with van der Waals surface area (Å²) in [6.07, 6.45) is 11.0. The SMILES string of the molecule is CC1=CC[C@H](C(C)C)[C@H]2CC(=O)CC=CC[C@@H](O[Si](c3ccccc3)(c3ccccc3)C(C)(C)C)C[C@@H]12. The third kappa shape index (κ3) is 5.94. The fourth-order valence-corrected chi connectivity index (χ4v) is 11.6. The maximum absolute atomic E-state index is 12.9. The molecule has 0 spiro atoms. The van der Waals surface area contributed by atoms with E-state index in [4.69, 9.17) is 4.43 Å². The van der Waals surface area contributed by atoms with Crippen LogP contribution in [-0.2, 0) is 9.22 Å². The molecule has 0 bridgehead atoms. The molecule has 0 aliphatic heterocycles. The van der Waals surface area contributed by atoms with Crippen molar-refractivity contribution in [1.29, 1.82) is 0 Å². The Bertz CT molecular complexity index is 1050. The number of ketones is 1. The van der Waals surface area contributed by atoms with E-state index in [0.29, 0.717) is 42.3 Å². The zero-order valence-corrected chi connectivity index (χ0v) is 24.7. The van der Waals surface area contributed by atoms with Crippen LogP contribution in [0.1, 0.15) is 73.6 Å². The number of hydrogen-bond acceptors (Lipinski definition) is 2. The van der Waals surface area contributed by atoms with Gasteiger partial charge in [-0.1, -0.05) is 119 Å². The molecule has 3 heteroatoms. The first-order chi connectivity index (χ1) is 17.6. The standard InChI is InChI=1S/C34H46O2Si/c1-25(2)31-22-21-26(3)32-24-28(16-14-13-15-27(35)23-33(31)32)36-37(34(4,5)6,29-17-9-7-10-18-29)30-19-11-8-12-20-30/h7-14,17-21,25,28,31-33H,15-16,22-24H2,1-6H3/t28-,31-,32+,33-/m1/s1. The fraction of sp³-hybridized carbons (Fsp3) is 0.500. The van der Waals surface area contributed by atoms with Crippen molar-refractivity contribution < 1.29 is 9.22 Å². The third-order valence-corrected chi connectivity index (χ3v) is 14.0. The molecule has 37 heavy (non-hydrogen) atoms. The Morgan fingerprint density at radius 2 is 1.49 bits per heavy atom. The zero-order valence-electron chi connectivity index (χ0n) is 23.7. The average Bonchev–Trinajstić information content (AvgIpc) is 2.86. The molecule has 2 aliphatic carbocycles. The number of Topliss-reactive ketones (excluding diaryl/α,β-unsaturated/α-hetero) is 1. The van der Waals surface area contributed by atoms with Gasteiger partial charge in [0.05, 0.1) is 0 Å². The van der Waals surface area contributed by atoms with Crippen LogP contribution in [0.5, 0.6) is 0 Å². The highest BCUT2D eigenvalue weighted by atomic mass is 28.4. The fourth-order valence-electron chi connectivity index (χ4n) is 6.93. The molecule has 2 aromatic carbocycles. The minimum absolute atomic E-state index is 0.0535. The van der Waals surface area contributed by atoms with E-state index in [1.54, 1.807) is 0 Å². The Labute approximate surface area is 226 Å². The van der Waals surface area contributed by atoms with E-state index in [-0.39, 0.29) is 11.1 Å². The molecule has 2 aliphatic rings. The summed E-state index contributed by atoms with van der Waals surface area (Å²) in [5.41, 5.74) is 1.45. The Morgan fingerprint density at radius 1 is 0.892 bits per heavy atom. The van der Waals surface area contributed by atoms with Gasteiger partial charge in [0.15, 0.2) is 0 Å². The molecule has 198 valence electrons. The van der Waals surface area contributed by atoms with E-state index >= 15 is 0 Å². The topological polar surface area (TPSA) is 26.3 Å². The predicted molar refractivity (Wildman–Crippen MR) is 159 cm³/mol. The van der Waals surface area contributed by atoms with Crippen molar-refractivity contribution in [3.05, 3.63) is 84.5 Å². The van der Waals surface area contributed by atoms with Gasteiger partial charge in [0.1, 0.15) is 5.78 Å². The highest BCUT2D eigenvalue weighted by molar-refractivity contribution is 6.99. The second kappa shape index (κ2) is 11.7. The molecule has 2 aromatic rings. The molecule has 0 saturated heterocycles. The van der Waals surface area contributed by atoms with Gasteiger partial charge in [0.25, 0.3) is 8.32 Å². The molecule has 0 N–H and O–H groups in total. The molecule has 0 heterocycles. The normalized spacial score (nSPS) is 25.5. The van der Waals surface area contributed by atoms with Crippen molar-refractivity contribution >= 4 is 24.5 Å². The minimum atomic E-state index is -2.66. The van der Waals surface area contributed by atoms with Crippen molar-refractivity contribution in [2.45, 2.75) is 84.8 Å². The number of rotatable bonds is 5. The first-order valence-corrected chi connectivity index (χ1v) is 16.2. The van der Waals surface area contributed by atoms with Crippen molar-refractivity contribution in [1.82, 2.24) is 0 Å². The number of fused-ring (bicyclic) bond motifs is 1. The molecular formula is C34H46O2Si. The van der Waals surface area contributed by atoms with Gasteiger partial charge < -0.3 is 4.43 Å². The second-order valence-electron chi connectivity index (χ2n) is 12.7. The smallest absolute Gasteiger partial charge is 0.261 e. The highest BCUT2D eigenvalue weighted by Gasteiger charge is 2.52. The van der Waals surface area contributed by atoms with E-state index in [1.807, 2.05) is 0 Å². The van der Waals surface area contributed by atoms with Crippen molar-refractivity contribution in [2.24, 2.45) is 23.7 Å². The van der Waals surface area contributed by atoms with Crippen LogP contribution in [-0.4, -0.2) is 20.2 Å². The lowest BCUT2D eigenvalue weighted by atomic mass is 9.64. The first-order valence-electron chi connectivity index (χ1n) is 14.3. The first kappa shape index (κ1) is 27.8. The average molecular weight is 515 g/mol. The summed E-state index contributed by atoms with van der Waals surface area (Å²) in [5.74, 6) is 2.29. The van der Waals surface area contributed by atoms with Crippen LogP contribution in [0.3, 0.4) is 0 Å². The summed E-state index contributed by atoms with van der Waals surface area (Å²) in [5, 5.41) is 2.61. The number of carbonyl (C=O) groups is 1. The van der Waals surface area contributed by atoms with Crippen LogP contribution in [0, 0.1) is 23.7 Å². The summed E-state index contributed by atoms with van der Waals surface area (Å²) in [7, 11) is -2.66. The zero-order chi connectivity index (χ0) is 26.6. The van der Waals surface area contributed by atoms with Gasteiger partial charge in [-0.2, -0.15) is 0 Å². The molecule has 0 fully saturated rings. The van der Waals surface area contributed by atoms with E-state index in [9.17, 15) is 4.79 Å². The molecule has 2 nitrogen and oxygen atoms in total. The summed E-state index contributed by atoms with van der Waals surface area (Å²) >= 11 is 0. The molecule has 0 unspecified atom stereocenters. The molecule has 0 amide bonds. The monoisotopic (exact) mass is 514 g/mol. The summed E-state index contributed by atoms with van der Waals surface area (Å²) in [6.45, 7) is 14.0. The van der Waals surface area contributed by atoms with Crippen molar-refractivity contribution in [2.75, 3.05) is 0 Å². The number of allylic oxidation sites excluding steroid dienone is 3. The lowest BCUT2D eigenvalue weighted by Crippen LogP contribution is -2.67. The van der Waals surface area contributed by atoms with Crippen molar-refractivity contribution in [3.8, 4) is 0 Å². The van der Waals surface area contributed by atoms with E-state index in [0.717, 1.165) is 19.3 Å². The number of carbonyl (C=O) groups excluding carboxylic acids is 1. The van der Waals surface area contributed by atoms with Gasteiger partial charge in [0, 0.05) is 18.9 Å². The lowest BCUT2D eigenvalue weighted by Gasteiger charge is -2.47. The molecular weight excluding hydrogens is 468 g/mol. The van der Waals surface area contributed by atoms with Gasteiger partial charge in [0.2, 0.25) is 0 Å². The van der Waals surface area contributed by atoms with Gasteiger partial charge in [-0.3, -0.25) is 4.79 Å². The van der Waals surface area contributed by atoms with E-state index in [1.165, 1.54) is 15.9 Å². The Kier molecular flexibility index (Phi) is 8.76. The maximum atomic E-state index is 12.9. The van der Waals surface area contributed by atoms with Crippen LogP contribution in [0.4, 0.5) is 0 Å². The minimum Gasteiger partial charge on any atom is -0.404 e. The number of benzene rings is 2. The van der Waals surface area contributed by atoms with Crippen molar-refractivity contribution in [3.63, 3.8) is 0 Å². The van der Waals surface area contributed by atoms with Crippen LogP contribution in [0.15, 0.2) is 84.5 Å². The molecule has 4 rings (SSSR count). The predicted octanol–water partition coefficient (Wildman–Crippen LogP) is 7.49. The third-order valence-electron chi connectivity index (χ3n) is 8.87. The van der Waals surface area contributed by atoms with Gasteiger partial charge in [-0.15, -0.1) is 0 Å². The lowest BCUT2D eigenvalue weighted by molar-refractivity contribution is -0.120. The summed E-state index contributed by atoms with van der Waals surface area (Å²) in [6, 6.07) is 22.0. The largest absolute Gasteiger partial charge is 0.404 e. The maximum Gasteiger partial charge on any atom is 0.261 e. The van der Waals surface area contributed by atoms with Crippen LogP contribution < -0.4 is 10.4 Å². The molecule has 0 saturated carbocycles. The van der Waals surface area contributed by atoms with E-state index < -0.39 is 8.32 Å². The number of hydrogen-bond donors (Lipinski definition) is 0. The summed E-state index contributed by atoms with van der Waals surface area (Å²) < 4.78 is 7.64. The van der Waals surface area contributed by atoms with E-state index in [2.05, 4.69) is 120 Å².